The Morgan fingerprint density at radius 2 is 0.481 bits per heavy atom. The molecule has 104 heavy (non-hydrogen) atoms. The normalized spacial score (nSPS) is 14.6. The summed E-state index contributed by atoms with van der Waals surface area (Å²) in [6, 6.07) is 0. The molecule has 0 bridgehead atoms. The molecule has 0 aliphatic rings. The Labute approximate surface area is 631 Å². The minimum absolute atomic E-state index is 0.0119. The summed E-state index contributed by atoms with van der Waals surface area (Å²) >= 11 is 0. The van der Waals surface area contributed by atoms with E-state index in [1.165, 1.54) is 96.3 Å². The predicted octanol–water partition coefficient (Wildman–Crippen LogP) is 23.7. The Bertz CT molecular complexity index is 2490. The van der Waals surface area contributed by atoms with Gasteiger partial charge in [-0.05, 0) is 161 Å². The van der Waals surface area contributed by atoms with Gasteiger partial charge in [0.25, 0.3) is 0 Å². The van der Waals surface area contributed by atoms with Gasteiger partial charge in [-0.15, -0.1) is 0 Å². The quantitative estimate of drug-likeness (QED) is 0.0169. The lowest BCUT2D eigenvalue weighted by Crippen LogP contribution is -2.30. The molecule has 0 spiro atoms. The first-order valence-corrected chi connectivity index (χ1v) is 43.4. The molecule has 0 rings (SSSR count). The summed E-state index contributed by atoms with van der Waals surface area (Å²) in [6.45, 7) is 4.65. The van der Waals surface area contributed by atoms with Crippen molar-refractivity contribution in [2.75, 3.05) is 39.6 Å². The fraction of sp³-hybridized carbons (Fsp3) is 0.694. The van der Waals surface area contributed by atoms with Crippen LogP contribution in [0, 0.1) is 0 Å². The highest BCUT2D eigenvalue weighted by Gasteiger charge is 2.30. The number of hydrogen-bond acceptors (Lipinski definition) is 15. The number of aliphatic hydroxyl groups excluding tert-OH is 1. The van der Waals surface area contributed by atoms with Crippen molar-refractivity contribution in [3.05, 3.63) is 134 Å². The second kappa shape index (κ2) is 76.4. The highest BCUT2D eigenvalue weighted by molar-refractivity contribution is 7.47. The lowest BCUT2D eigenvalue weighted by atomic mass is 10.1. The molecule has 17 nitrogen and oxygen atoms in total. The lowest BCUT2D eigenvalue weighted by Gasteiger charge is -2.21. The summed E-state index contributed by atoms with van der Waals surface area (Å²) in [5.41, 5.74) is 0. The van der Waals surface area contributed by atoms with Gasteiger partial charge in [0.05, 0.1) is 26.4 Å². The van der Waals surface area contributed by atoms with Crippen molar-refractivity contribution in [2.45, 2.75) is 341 Å². The maximum absolute atomic E-state index is 13.1. The van der Waals surface area contributed by atoms with Gasteiger partial charge in [-0.1, -0.05) is 271 Å². The van der Waals surface area contributed by atoms with E-state index in [2.05, 4.69) is 137 Å². The fourth-order valence-electron chi connectivity index (χ4n) is 10.3. The van der Waals surface area contributed by atoms with Crippen LogP contribution >= 0.6 is 15.6 Å². The average molecular weight is 1500 g/mol. The summed E-state index contributed by atoms with van der Waals surface area (Å²) in [5, 5.41) is 10.6. The Morgan fingerprint density at radius 3 is 0.798 bits per heavy atom. The zero-order valence-electron chi connectivity index (χ0n) is 65.2. The second-order valence-electron chi connectivity index (χ2n) is 26.6. The minimum Gasteiger partial charge on any atom is -0.462 e. The number of carbonyl (C=O) groups excluding carboxylic acids is 4. The maximum Gasteiger partial charge on any atom is 0.472 e. The SMILES string of the molecule is CCCCC/C=C\C/C=C\C/C=C\C/C=C\CCCC(=O)OC[C@H](COP(=O)(O)OC[C@H](O)COP(=O)(O)OC[C@@H](COC(=O)CCCCCCC/C=C\C/C=C\CCCCC)OC(=O)CCC/C=C\C/C=C\C/C=C\C/C=C\CCCCC)OC(=O)CCCCCCC/C=C\CCCCCCCC. The number of phosphoric acid groups is 2. The summed E-state index contributed by atoms with van der Waals surface area (Å²) < 4.78 is 68.5. The zero-order chi connectivity index (χ0) is 76.0. The first kappa shape index (κ1) is 99.2. The van der Waals surface area contributed by atoms with Crippen molar-refractivity contribution in [3.63, 3.8) is 0 Å². The molecule has 0 aliphatic heterocycles. The van der Waals surface area contributed by atoms with Crippen molar-refractivity contribution in [2.24, 2.45) is 0 Å². The van der Waals surface area contributed by atoms with Gasteiger partial charge < -0.3 is 33.8 Å². The van der Waals surface area contributed by atoms with E-state index in [-0.39, 0.29) is 25.7 Å². The van der Waals surface area contributed by atoms with Crippen molar-refractivity contribution in [1.29, 1.82) is 0 Å². The van der Waals surface area contributed by atoms with E-state index in [1.807, 2.05) is 24.3 Å². The van der Waals surface area contributed by atoms with Gasteiger partial charge in [-0.25, -0.2) is 9.13 Å². The molecule has 0 fully saturated rings. The van der Waals surface area contributed by atoms with Crippen LogP contribution in [-0.2, 0) is 65.4 Å². The molecular formula is C85H144O17P2. The number of phosphoric ester groups is 2. The molecule has 0 heterocycles. The van der Waals surface area contributed by atoms with Crippen LogP contribution in [0.5, 0.6) is 0 Å². The number of hydrogen-bond donors (Lipinski definition) is 3. The molecule has 0 aliphatic carbocycles. The number of esters is 4. The zero-order valence-corrected chi connectivity index (χ0v) is 66.9. The smallest absolute Gasteiger partial charge is 0.462 e. The van der Waals surface area contributed by atoms with Crippen LogP contribution < -0.4 is 0 Å². The Balaban J connectivity index is 5.48. The molecule has 0 amide bonds. The van der Waals surface area contributed by atoms with Crippen LogP contribution in [0.25, 0.3) is 0 Å². The summed E-state index contributed by atoms with van der Waals surface area (Å²) in [4.78, 5) is 73.0. The van der Waals surface area contributed by atoms with Gasteiger partial charge in [-0.3, -0.25) is 37.3 Å². The van der Waals surface area contributed by atoms with E-state index in [9.17, 15) is 43.2 Å². The lowest BCUT2D eigenvalue weighted by molar-refractivity contribution is -0.161. The van der Waals surface area contributed by atoms with Gasteiger partial charge in [0.15, 0.2) is 12.2 Å². The van der Waals surface area contributed by atoms with Crippen molar-refractivity contribution >= 4 is 39.5 Å². The molecule has 3 N–H and O–H groups in total. The first-order valence-electron chi connectivity index (χ1n) is 40.4. The molecule has 2 unspecified atom stereocenters. The largest absolute Gasteiger partial charge is 0.472 e. The number of allylic oxidation sites excluding steroid dienone is 22. The standard InChI is InChI=1S/C85H144O17P2/c1-5-9-13-17-21-25-29-33-37-39-43-46-50-54-58-62-66-70-83(88)96-76-80(101-84(89)71-67-63-59-55-51-47-42-36-32-28-24-20-16-12-8-4)77-99-103(91,92)97-73-79(86)74-98-104(93,94)100-78-81(75-95-82(87)69-65-61-57-53-49-45-41-35-31-27-23-19-15-11-7-3)102-85(90)72-68-64-60-56-52-48-44-40-38-34-30-26-22-18-14-10-6-2/h21-23,25-27,33-38,41-44,46,48,54,56,58,60,79-81,86H,5-20,24,28-32,39-40,45,47,49-53,55,57,59,61-78H2,1-4H3,(H,91,92)(H,93,94)/b25-21-,26-22-,27-23-,37-33-,38-34-,41-35-,42-36-,46-43-,48-44-,58-54-,60-56-/t79-,80+,81+/m0/s1. The van der Waals surface area contributed by atoms with Gasteiger partial charge in [0.1, 0.15) is 19.3 Å². The second-order valence-corrected chi connectivity index (χ2v) is 29.5. The van der Waals surface area contributed by atoms with Crippen molar-refractivity contribution in [1.82, 2.24) is 0 Å². The summed E-state index contributed by atoms with van der Waals surface area (Å²) in [6.07, 6.45) is 85.8. The molecule has 0 saturated carbocycles. The maximum atomic E-state index is 13.1. The van der Waals surface area contributed by atoms with Gasteiger partial charge >= 0.3 is 39.5 Å². The van der Waals surface area contributed by atoms with E-state index in [1.54, 1.807) is 0 Å². The van der Waals surface area contributed by atoms with Crippen molar-refractivity contribution < 1.29 is 80.2 Å². The average Bonchev–Trinajstić information content (AvgIpc) is 0.909. The highest BCUT2D eigenvalue weighted by Crippen LogP contribution is 2.45. The van der Waals surface area contributed by atoms with Gasteiger partial charge in [-0.2, -0.15) is 0 Å². The van der Waals surface area contributed by atoms with Gasteiger partial charge in [0, 0.05) is 25.7 Å². The number of rotatable bonds is 75. The van der Waals surface area contributed by atoms with E-state index in [0.29, 0.717) is 38.5 Å². The van der Waals surface area contributed by atoms with Crippen LogP contribution in [0.2, 0.25) is 0 Å². The molecule has 5 atom stereocenters. The molecule has 596 valence electrons. The Hall–Kier alpha value is -4.80. The fourth-order valence-corrected chi connectivity index (χ4v) is 11.9. The van der Waals surface area contributed by atoms with E-state index in [4.69, 9.17) is 37.0 Å². The molecule has 0 aromatic rings. The van der Waals surface area contributed by atoms with E-state index < -0.39 is 97.5 Å². The monoisotopic (exact) mass is 1500 g/mol. The van der Waals surface area contributed by atoms with E-state index >= 15 is 0 Å². The topological polar surface area (TPSA) is 237 Å². The highest BCUT2D eigenvalue weighted by atomic mass is 31.2. The third kappa shape index (κ3) is 75.4. The van der Waals surface area contributed by atoms with Crippen LogP contribution in [0.15, 0.2) is 134 Å². The molecular weight excluding hydrogens is 1350 g/mol. The Morgan fingerprint density at radius 1 is 0.269 bits per heavy atom. The summed E-state index contributed by atoms with van der Waals surface area (Å²) in [7, 11) is -10.0. The summed E-state index contributed by atoms with van der Waals surface area (Å²) in [5.74, 6) is -2.33. The third-order valence-corrected chi connectivity index (χ3v) is 18.5. The number of aliphatic hydroxyl groups is 1. The van der Waals surface area contributed by atoms with Crippen LogP contribution in [0.4, 0.5) is 0 Å². The van der Waals surface area contributed by atoms with E-state index in [0.717, 1.165) is 135 Å². The molecule has 0 radical (unpaired) electrons. The van der Waals surface area contributed by atoms with Crippen LogP contribution in [0.1, 0.15) is 323 Å². The molecule has 0 saturated heterocycles. The van der Waals surface area contributed by atoms with Crippen molar-refractivity contribution in [3.8, 4) is 0 Å². The molecule has 0 aromatic carbocycles. The first-order chi connectivity index (χ1) is 50.7. The Kier molecular flexibility index (Phi) is 72.9. The third-order valence-electron chi connectivity index (χ3n) is 16.6. The predicted molar refractivity (Wildman–Crippen MR) is 427 cm³/mol. The van der Waals surface area contributed by atoms with Crippen LogP contribution in [0.3, 0.4) is 0 Å². The minimum atomic E-state index is -5.00. The molecule has 19 heteroatoms. The number of ether oxygens (including phenoxy) is 4. The molecule has 0 aromatic heterocycles. The van der Waals surface area contributed by atoms with Gasteiger partial charge in [0.2, 0.25) is 0 Å². The van der Waals surface area contributed by atoms with Crippen LogP contribution in [-0.4, -0.2) is 96.7 Å². The number of carbonyl (C=O) groups is 4. The number of unbranched alkanes of at least 4 members (excludes halogenated alkanes) is 27.